The quantitative estimate of drug-likeness (QED) is 0.166. The summed E-state index contributed by atoms with van der Waals surface area (Å²) in [6.07, 6.45) is 0. The lowest BCUT2D eigenvalue weighted by atomic mass is 9.77. The van der Waals surface area contributed by atoms with E-state index in [0.29, 0.717) is 0 Å². The second kappa shape index (κ2) is 11.6. The van der Waals surface area contributed by atoms with Crippen LogP contribution in [0.4, 0.5) is 0 Å². The van der Waals surface area contributed by atoms with Gasteiger partial charge in [0.15, 0.2) is 0 Å². The van der Waals surface area contributed by atoms with E-state index in [0.717, 1.165) is 0 Å². The van der Waals surface area contributed by atoms with Crippen molar-refractivity contribution in [2.75, 3.05) is 0 Å². The van der Waals surface area contributed by atoms with Crippen molar-refractivity contribution in [3.05, 3.63) is 131 Å². The van der Waals surface area contributed by atoms with Crippen LogP contribution < -0.4 is 0 Å². The van der Waals surface area contributed by atoms with Crippen molar-refractivity contribution in [1.82, 2.24) is 0 Å². The van der Waals surface area contributed by atoms with Crippen molar-refractivity contribution in [3.63, 3.8) is 0 Å². The largest absolute Gasteiger partial charge is 0.0610 e. The maximum atomic E-state index is 2.45. The van der Waals surface area contributed by atoms with Crippen LogP contribution in [0, 0.1) is 0 Å². The zero-order chi connectivity index (χ0) is 36.0. The monoisotopic (exact) mass is 654 g/mol. The number of rotatable bonds is 3. The van der Waals surface area contributed by atoms with Gasteiger partial charge in [0.25, 0.3) is 0 Å². The van der Waals surface area contributed by atoms with Crippen LogP contribution in [0.5, 0.6) is 0 Å². The molecule has 7 aromatic rings. The molecule has 0 fully saturated rings. The van der Waals surface area contributed by atoms with Gasteiger partial charge in [-0.15, -0.1) is 0 Å². The Hall–Kier alpha value is -4.42. The molecule has 0 atom stereocenters. The highest BCUT2D eigenvalue weighted by Gasteiger charge is 2.24. The van der Waals surface area contributed by atoms with Crippen LogP contribution in [-0.2, 0) is 21.7 Å². The van der Waals surface area contributed by atoms with Crippen LogP contribution >= 0.6 is 0 Å². The topological polar surface area (TPSA) is 0 Å². The van der Waals surface area contributed by atoms with Gasteiger partial charge in [0.1, 0.15) is 0 Å². The standard InChI is InChI=1S/C50H54/c1-47(2,3)39-25-36(26-40(29-39)48(4,5)6)34-22-35(37-27-41(49(7,8)9)30-42(28-37)50(10,11)12)24-38(23-34)43-20-18-33-17-16-31-14-13-15-32-19-21-44(43)46(33)45(31)32/h13-30H,1-12H3. The molecule has 0 radical (unpaired) electrons. The van der Waals surface area contributed by atoms with Crippen LogP contribution in [0.2, 0.25) is 0 Å². The summed E-state index contributed by atoms with van der Waals surface area (Å²) in [5, 5.41) is 7.93. The Morgan fingerprint density at radius 3 is 1.06 bits per heavy atom. The van der Waals surface area contributed by atoms with E-state index in [1.807, 2.05) is 0 Å². The van der Waals surface area contributed by atoms with E-state index in [1.54, 1.807) is 0 Å². The lowest BCUT2D eigenvalue weighted by Gasteiger charge is -2.27. The summed E-state index contributed by atoms with van der Waals surface area (Å²) in [5.41, 5.74) is 13.3. The van der Waals surface area contributed by atoms with E-state index in [1.165, 1.54) is 88.0 Å². The van der Waals surface area contributed by atoms with Crippen molar-refractivity contribution in [3.8, 4) is 33.4 Å². The lowest BCUT2D eigenvalue weighted by molar-refractivity contribution is 0.568. The van der Waals surface area contributed by atoms with Gasteiger partial charge in [0, 0.05) is 0 Å². The second-order valence-electron chi connectivity index (χ2n) is 18.9. The highest BCUT2D eigenvalue weighted by molar-refractivity contribution is 6.25. The average Bonchev–Trinajstić information content (AvgIpc) is 3.05. The first kappa shape index (κ1) is 34.0. The average molecular weight is 655 g/mol. The first-order valence-corrected chi connectivity index (χ1v) is 18.4. The van der Waals surface area contributed by atoms with Gasteiger partial charge in [-0.25, -0.2) is 0 Å². The summed E-state index contributed by atoms with van der Waals surface area (Å²) >= 11 is 0. The van der Waals surface area contributed by atoms with Gasteiger partial charge in [-0.2, -0.15) is 0 Å². The van der Waals surface area contributed by atoms with Crippen LogP contribution in [0.1, 0.15) is 105 Å². The van der Waals surface area contributed by atoms with Crippen molar-refractivity contribution >= 4 is 32.3 Å². The molecule has 0 bridgehead atoms. The Morgan fingerprint density at radius 2 is 0.640 bits per heavy atom. The lowest BCUT2D eigenvalue weighted by Crippen LogP contribution is -2.16. The summed E-state index contributed by atoms with van der Waals surface area (Å²) in [6, 6.07) is 42.5. The molecule has 0 saturated carbocycles. The molecule has 0 nitrogen and oxygen atoms in total. The van der Waals surface area contributed by atoms with Crippen LogP contribution in [0.25, 0.3) is 65.7 Å². The maximum absolute atomic E-state index is 2.45. The number of hydrogen-bond acceptors (Lipinski definition) is 0. The third kappa shape index (κ3) is 6.23. The normalized spacial score (nSPS) is 13.2. The molecule has 0 unspecified atom stereocenters. The maximum Gasteiger partial charge on any atom is -0.00206 e. The molecular formula is C50H54. The van der Waals surface area contributed by atoms with Gasteiger partial charge >= 0.3 is 0 Å². The smallest absolute Gasteiger partial charge is 0.00206 e. The molecule has 0 aliphatic carbocycles. The van der Waals surface area contributed by atoms with E-state index in [4.69, 9.17) is 0 Å². The Morgan fingerprint density at radius 1 is 0.300 bits per heavy atom. The third-order valence-corrected chi connectivity index (χ3v) is 10.8. The van der Waals surface area contributed by atoms with E-state index in [2.05, 4.69) is 192 Å². The van der Waals surface area contributed by atoms with Crippen molar-refractivity contribution < 1.29 is 0 Å². The predicted molar refractivity (Wildman–Crippen MR) is 221 cm³/mol. The Labute approximate surface area is 300 Å². The van der Waals surface area contributed by atoms with Gasteiger partial charge in [-0.1, -0.05) is 174 Å². The van der Waals surface area contributed by atoms with Crippen LogP contribution in [0.15, 0.2) is 109 Å². The summed E-state index contributed by atoms with van der Waals surface area (Å²) in [7, 11) is 0. The minimum Gasteiger partial charge on any atom is -0.0610 e. The summed E-state index contributed by atoms with van der Waals surface area (Å²) in [6.45, 7) is 28.0. The van der Waals surface area contributed by atoms with Crippen LogP contribution in [-0.4, -0.2) is 0 Å². The Bertz CT molecular complexity index is 2210. The Balaban J connectivity index is 1.56. The second-order valence-corrected chi connectivity index (χ2v) is 18.9. The van der Waals surface area contributed by atoms with Crippen LogP contribution in [0.3, 0.4) is 0 Å². The molecule has 0 aliphatic heterocycles. The summed E-state index contributed by atoms with van der Waals surface area (Å²) < 4.78 is 0. The number of hydrogen-bond donors (Lipinski definition) is 0. The molecular weight excluding hydrogens is 601 g/mol. The molecule has 0 heterocycles. The van der Waals surface area contributed by atoms with Gasteiger partial charge < -0.3 is 0 Å². The molecule has 0 spiro atoms. The fraction of sp³-hybridized carbons (Fsp3) is 0.320. The van der Waals surface area contributed by atoms with Crippen molar-refractivity contribution in [2.24, 2.45) is 0 Å². The first-order valence-electron chi connectivity index (χ1n) is 18.4. The molecule has 0 amide bonds. The van der Waals surface area contributed by atoms with Gasteiger partial charge in [0.05, 0.1) is 0 Å². The van der Waals surface area contributed by atoms with E-state index < -0.39 is 0 Å². The molecule has 0 saturated heterocycles. The summed E-state index contributed by atoms with van der Waals surface area (Å²) in [4.78, 5) is 0. The molecule has 254 valence electrons. The Kier molecular flexibility index (Phi) is 7.87. The zero-order valence-electron chi connectivity index (χ0n) is 32.4. The molecule has 0 heteroatoms. The number of benzene rings is 7. The molecule has 7 rings (SSSR count). The molecule has 0 aromatic heterocycles. The van der Waals surface area contributed by atoms with E-state index in [-0.39, 0.29) is 21.7 Å². The molecule has 7 aromatic carbocycles. The van der Waals surface area contributed by atoms with Gasteiger partial charge in [-0.05, 0) is 128 Å². The van der Waals surface area contributed by atoms with Crippen molar-refractivity contribution in [1.29, 1.82) is 0 Å². The minimum absolute atomic E-state index is 0.0329. The fourth-order valence-corrected chi connectivity index (χ4v) is 7.42. The molecule has 0 N–H and O–H groups in total. The third-order valence-electron chi connectivity index (χ3n) is 10.8. The highest BCUT2D eigenvalue weighted by Crippen LogP contribution is 2.43. The van der Waals surface area contributed by atoms with Crippen molar-refractivity contribution in [2.45, 2.75) is 105 Å². The van der Waals surface area contributed by atoms with E-state index in [9.17, 15) is 0 Å². The molecule has 50 heavy (non-hydrogen) atoms. The molecule has 0 aliphatic rings. The highest BCUT2D eigenvalue weighted by atomic mass is 14.3. The van der Waals surface area contributed by atoms with E-state index >= 15 is 0 Å². The fourth-order valence-electron chi connectivity index (χ4n) is 7.42. The first-order chi connectivity index (χ1) is 23.3. The summed E-state index contributed by atoms with van der Waals surface area (Å²) in [5.74, 6) is 0. The SMILES string of the molecule is CC(C)(C)c1cc(-c2cc(-c3cc(C(C)(C)C)cc(C(C)(C)C)c3)cc(-c3ccc4ccc5cccc6ccc3c4c56)c2)cc(C(C)(C)C)c1. The zero-order valence-corrected chi connectivity index (χ0v) is 32.4. The van der Waals surface area contributed by atoms with Gasteiger partial charge in [-0.3, -0.25) is 0 Å². The predicted octanol–water partition coefficient (Wildman–Crippen LogP) is 14.8. The van der Waals surface area contributed by atoms with Gasteiger partial charge in [0.2, 0.25) is 0 Å². The minimum atomic E-state index is 0.0329.